The van der Waals surface area contributed by atoms with Gasteiger partial charge in [0, 0.05) is 12.5 Å². The Balaban J connectivity index is 2.05. The molecule has 0 amide bonds. The van der Waals surface area contributed by atoms with Crippen LogP contribution in [0.4, 0.5) is 0 Å². The minimum atomic E-state index is -4.71. The van der Waals surface area contributed by atoms with Crippen LogP contribution in [0.15, 0.2) is 42.5 Å². The normalized spacial score (nSPS) is 18.1. The lowest BCUT2D eigenvalue weighted by atomic mass is 9.88. The predicted molar refractivity (Wildman–Crippen MR) is 85.6 cm³/mol. The van der Waals surface area contributed by atoms with Gasteiger partial charge in [-0.25, -0.2) is 4.57 Å². The number of hydrogen-bond acceptors (Lipinski definition) is 4. The third-order valence-corrected chi connectivity index (χ3v) is 4.37. The molecule has 2 aromatic carbocycles. The van der Waals surface area contributed by atoms with E-state index in [0.29, 0.717) is 6.42 Å². The van der Waals surface area contributed by atoms with Crippen LogP contribution in [0.3, 0.4) is 0 Å². The first kappa shape index (κ1) is 16.0. The van der Waals surface area contributed by atoms with Gasteiger partial charge in [0.1, 0.15) is 0 Å². The number of rotatable bonds is 3. The van der Waals surface area contributed by atoms with E-state index in [4.69, 9.17) is 9.79 Å². The second-order valence-electron chi connectivity index (χ2n) is 5.52. The molecule has 3 rings (SSSR count). The summed E-state index contributed by atoms with van der Waals surface area (Å²) in [7, 11) is -4.71. The van der Waals surface area contributed by atoms with Gasteiger partial charge in [-0.05, 0) is 41.8 Å². The van der Waals surface area contributed by atoms with E-state index in [0.717, 1.165) is 29.8 Å². The van der Waals surface area contributed by atoms with Crippen molar-refractivity contribution in [1.82, 2.24) is 5.32 Å². The van der Waals surface area contributed by atoms with Crippen molar-refractivity contribution < 1.29 is 24.0 Å². The van der Waals surface area contributed by atoms with Crippen molar-refractivity contribution in [1.29, 1.82) is 0 Å². The molecule has 4 N–H and O–H groups in total. The van der Waals surface area contributed by atoms with Crippen LogP contribution < -0.4 is 9.84 Å². The Morgan fingerprint density at radius 2 is 1.91 bits per heavy atom. The molecule has 0 aliphatic carbocycles. The number of phenols is 1. The second-order valence-corrected chi connectivity index (χ2v) is 6.68. The van der Waals surface area contributed by atoms with Gasteiger partial charge in [0.05, 0.1) is 0 Å². The summed E-state index contributed by atoms with van der Waals surface area (Å²) in [5, 5.41) is 13.5. The first-order valence-electron chi connectivity index (χ1n) is 7.30. The average Bonchev–Trinajstić information content (AvgIpc) is 2.69. The molecule has 0 bridgehead atoms. The first-order chi connectivity index (χ1) is 10.9. The van der Waals surface area contributed by atoms with Crippen LogP contribution in [-0.2, 0) is 11.0 Å². The zero-order valence-corrected chi connectivity index (χ0v) is 13.2. The minimum absolute atomic E-state index is 0.0590. The van der Waals surface area contributed by atoms with Gasteiger partial charge in [-0.2, -0.15) is 0 Å². The highest BCUT2D eigenvalue weighted by atomic mass is 31.2. The number of aromatic hydroxyl groups is 1. The smallest absolute Gasteiger partial charge is 0.504 e. The van der Waals surface area contributed by atoms with E-state index in [1.165, 1.54) is 6.07 Å². The standard InChI is InChI=1S/C16H18NO5P/c18-15-9-13-12(8-16(15)22-23(19,20)21)6-7-17-10-14(13)11-4-2-1-3-5-11/h1-5,8-9,14,17-18H,6-7,10H2,(H2,19,20,21). The molecule has 1 aliphatic heterocycles. The molecule has 0 spiro atoms. The van der Waals surface area contributed by atoms with E-state index < -0.39 is 7.82 Å². The van der Waals surface area contributed by atoms with E-state index in [1.807, 2.05) is 30.3 Å². The molecule has 1 aliphatic rings. The molecule has 1 atom stereocenters. The molecule has 2 aromatic rings. The van der Waals surface area contributed by atoms with Gasteiger partial charge in [-0.3, -0.25) is 9.79 Å². The number of phenolic OH excluding ortho intramolecular Hbond substituents is 1. The quantitative estimate of drug-likeness (QED) is 0.642. The molecule has 0 radical (unpaired) electrons. The number of phosphoric acid groups is 1. The maximum atomic E-state index is 11.0. The van der Waals surface area contributed by atoms with Crippen molar-refractivity contribution in [2.45, 2.75) is 12.3 Å². The van der Waals surface area contributed by atoms with Crippen molar-refractivity contribution in [3.63, 3.8) is 0 Å². The largest absolute Gasteiger partial charge is 0.524 e. The lowest BCUT2D eigenvalue weighted by Crippen LogP contribution is -2.20. The van der Waals surface area contributed by atoms with E-state index in [9.17, 15) is 9.67 Å². The van der Waals surface area contributed by atoms with Crippen LogP contribution in [-0.4, -0.2) is 28.0 Å². The SMILES string of the molecule is O=P(O)(O)Oc1cc2c(cc1O)C(c1ccccc1)CNCC2. The van der Waals surface area contributed by atoms with Crippen molar-refractivity contribution >= 4 is 7.82 Å². The van der Waals surface area contributed by atoms with Gasteiger partial charge in [0.2, 0.25) is 0 Å². The number of fused-ring (bicyclic) bond motifs is 1. The minimum Gasteiger partial charge on any atom is -0.504 e. The topological polar surface area (TPSA) is 99.0 Å². The Labute approximate surface area is 134 Å². The summed E-state index contributed by atoms with van der Waals surface area (Å²) in [5.74, 6) is -0.399. The number of benzene rings is 2. The van der Waals surface area contributed by atoms with E-state index >= 15 is 0 Å². The van der Waals surface area contributed by atoms with Gasteiger partial charge < -0.3 is 14.9 Å². The van der Waals surface area contributed by atoms with Crippen LogP contribution in [0.2, 0.25) is 0 Å². The van der Waals surface area contributed by atoms with Crippen molar-refractivity contribution in [3.05, 3.63) is 59.2 Å². The lowest BCUT2D eigenvalue weighted by Gasteiger charge is -2.20. The molecule has 7 heteroatoms. The lowest BCUT2D eigenvalue weighted by molar-refractivity contribution is 0.277. The number of hydrogen-bond donors (Lipinski definition) is 4. The van der Waals surface area contributed by atoms with E-state index in [1.54, 1.807) is 6.07 Å². The molecular weight excluding hydrogens is 317 g/mol. The summed E-state index contributed by atoms with van der Waals surface area (Å²) < 4.78 is 15.6. The Kier molecular flexibility index (Phi) is 4.41. The highest BCUT2D eigenvalue weighted by molar-refractivity contribution is 7.46. The summed E-state index contributed by atoms with van der Waals surface area (Å²) in [5.41, 5.74) is 2.97. The van der Waals surface area contributed by atoms with E-state index in [-0.39, 0.29) is 17.4 Å². The molecule has 122 valence electrons. The highest BCUT2D eigenvalue weighted by Gasteiger charge is 2.25. The van der Waals surface area contributed by atoms with Gasteiger partial charge in [-0.1, -0.05) is 30.3 Å². The van der Waals surface area contributed by atoms with Gasteiger partial charge in [-0.15, -0.1) is 0 Å². The maximum Gasteiger partial charge on any atom is 0.524 e. The second kappa shape index (κ2) is 6.34. The van der Waals surface area contributed by atoms with Crippen LogP contribution in [0, 0.1) is 0 Å². The molecule has 1 unspecified atom stereocenters. The molecule has 0 aromatic heterocycles. The molecule has 0 saturated carbocycles. The Bertz CT molecular complexity index is 744. The van der Waals surface area contributed by atoms with Crippen LogP contribution >= 0.6 is 7.82 Å². The van der Waals surface area contributed by atoms with Crippen LogP contribution in [0.25, 0.3) is 0 Å². The maximum absolute atomic E-state index is 11.0. The van der Waals surface area contributed by atoms with Crippen molar-refractivity contribution in [3.8, 4) is 11.5 Å². The van der Waals surface area contributed by atoms with Crippen LogP contribution in [0.5, 0.6) is 11.5 Å². The predicted octanol–water partition coefficient (Wildman–Crippen LogP) is 2.14. The van der Waals surface area contributed by atoms with Gasteiger partial charge in [0.25, 0.3) is 0 Å². The molecule has 0 fully saturated rings. The fourth-order valence-electron chi connectivity index (χ4n) is 2.93. The summed E-state index contributed by atoms with van der Waals surface area (Å²) in [4.78, 5) is 17.9. The highest BCUT2D eigenvalue weighted by Crippen LogP contribution is 2.44. The monoisotopic (exact) mass is 335 g/mol. The fraction of sp³-hybridized carbons (Fsp3) is 0.250. The van der Waals surface area contributed by atoms with Gasteiger partial charge >= 0.3 is 7.82 Å². The first-order valence-corrected chi connectivity index (χ1v) is 8.83. The third-order valence-electron chi connectivity index (χ3n) is 3.93. The third kappa shape index (κ3) is 3.74. The average molecular weight is 335 g/mol. The molecule has 1 heterocycles. The summed E-state index contributed by atoms with van der Waals surface area (Å²) in [6.45, 7) is 1.48. The summed E-state index contributed by atoms with van der Waals surface area (Å²) in [6.07, 6.45) is 0.691. The molecule has 23 heavy (non-hydrogen) atoms. The zero-order chi connectivity index (χ0) is 16.4. The van der Waals surface area contributed by atoms with E-state index in [2.05, 4.69) is 9.84 Å². The molecular formula is C16H18NO5P. The Morgan fingerprint density at radius 3 is 2.61 bits per heavy atom. The number of phosphoric ester groups is 1. The Morgan fingerprint density at radius 1 is 1.17 bits per heavy atom. The van der Waals surface area contributed by atoms with Crippen molar-refractivity contribution in [2.24, 2.45) is 0 Å². The molecule has 0 saturated heterocycles. The van der Waals surface area contributed by atoms with Crippen LogP contribution in [0.1, 0.15) is 22.6 Å². The van der Waals surface area contributed by atoms with Gasteiger partial charge in [0.15, 0.2) is 11.5 Å². The Hall–Kier alpha value is -1.85. The summed E-state index contributed by atoms with van der Waals surface area (Å²) in [6, 6.07) is 13.0. The number of nitrogens with one attached hydrogen (secondary N) is 1. The fourth-order valence-corrected chi connectivity index (χ4v) is 3.33. The zero-order valence-electron chi connectivity index (χ0n) is 12.3. The molecule has 6 nitrogen and oxygen atoms in total. The summed E-state index contributed by atoms with van der Waals surface area (Å²) >= 11 is 0. The van der Waals surface area contributed by atoms with Crippen molar-refractivity contribution in [2.75, 3.05) is 13.1 Å².